The number of carbonyl (C=O) groups excluding carboxylic acids is 1. The second-order valence-corrected chi connectivity index (χ2v) is 7.06. The van der Waals surface area contributed by atoms with E-state index in [9.17, 15) is 18.0 Å². The number of hydrogen-bond donors (Lipinski definition) is 1. The lowest BCUT2D eigenvalue weighted by Crippen LogP contribution is -2.15. The van der Waals surface area contributed by atoms with Crippen LogP contribution in [0.25, 0.3) is 5.69 Å². The molecule has 1 N–H and O–H groups in total. The molecule has 0 unspecified atom stereocenters. The number of nitrogens with one attached hydrogen (secondary N) is 1. The Balaban J connectivity index is 1.66. The fourth-order valence-corrected chi connectivity index (χ4v) is 3.34. The summed E-state index contributed by atoms with van der Waals surface area (Å²) in [4.78, 5) is 12.2. The van der Waals surface area contributed by atoms with Crippen LogP contribution in [-0.4, -0.2) is 33.5 Å². The van der Waals surface area contributed by atoms with Crippen molar-refractivity contribution >= 4 is 35.0 Å². The van der Waals surface area contributed by atoms with Crippen LogP contribution in [0.5, 0.6) is 5.75 Å². The van der Waals surface area contributed by atoms with E-state index in [1.165, 1.54) is 12.4 Å². The molecule has 0 fully saturated rings. The Morgan fingerprint density at radius 3 is 2.62 bits per heavy atom. The maximum absolute atomic E-state index is 12.9. The highest BCUT2D eigenvalue weighted by molar-refractivity contribution is 7.99. The normalized spacial score (nSPS) is 11.3. The summed E-state index contributed by atoms with van der Waals surface area (Å²) in [7, 11) is 1.56. The summed E-state index contributed by atoms with van der Waals surface area (Å²) in [5.41, 5.74) is -0.237. The third-order valence-electron chi connectivity index (χ3n) is 3.75. The van der Waals surface area contributed by atoms with Gasteiger partial charge >= 0.3 is 6.18 Å². The van der Waals surface area contributed by atoms with Gasteiger partial charge in [-0.1, -0.05) is 23.4 Å². The average Bonchev–Trinajstić information content (AvgIpc) is 3.15. The predicted molar refractivity (Wildman–Crippen MR) is 104 cm³/mol. The van der Waals surface area contributed by atoms with Crippen molar-refractivity contribution in [2.45, 2.75) is 11.3 Å². The van der Waals surface area contributed by atoms with E-state index in [-0.39, 0.29) is 11.4 Å². The molecule has 0 saturated carbocycles. The number of anilines is 1. The minimum Gasteiger partial charge on any atom is -0.497 e. The first kappa shape index (κ1) is 21.0. The summed E-state index contributed by atoms with van der Waals surface area (Å²) in [6.45, 7) is 0. The number of halogens is 4. The van der Waals surface area contributed by atoms with Crippen LogP contribution in [0.15, 0.2) is 53.9 Å². The summed E-state index contributed by atoms with van der Waals surface area (Å²) >= 11 is 6.67. The van der Waals surface area contributed by atoms with Crippen molar-refractivity contribution in [1.82, 2.24) is 14.8 Å². The maximum Gasteiger partial charge on any atom is 0.417 e. The van der Waals surface area contributed by atoms with Crippen molar-refractivity contribution in [3.63, 3.8) is 0 Å². The Morgan fingerprint density at radius 1 is 1.24 bits per heavy atom. The van der Waals surface area contributed by atoms with Crippen LogP contribution >= 0.6 is 23.4 Å². The molecule has 1 heterocycles. The van der Waals surface area contributed by atoms with Gasteiger partial charge in [-0.25, -0.2) is 0 Å². The summed E-state index contributed by atoms with van der Waals surface area (Å²) in [5, 5.41) is 10.3. The Bertz CT molecular complexity index is 1010. The summed E-state index contributed by atoms with van der Waals surface area (Å²) in [6, 6.07) is 10.3. The van der Waals surface area contributed by atoms with E-state index in [0.29, 0.717) is 10.9 Å². The molecule has 11 heteroatoms. The molecule has 3 aromatic rings. The van der Waals surface area contributed by atoms with Crippen LogP contribution in [0.1, 0.15) is 5.56 Å². The lowest BCUT2D eigenvalue weighted by atomic mass is 10.2. The lowest BCUT2D eigenvalue weighted by molar-refractivity contribution is -0.137. The van der Waals surface area contributed by atoms with Crippen LogP contribution in [0.4, 0.5) is 18.9 Å². The first-order valence-electron chi connectivity index (χ1n) is 8.12. The van der Waals surface area contributed by atoms with E-state index in [2.05, 4.69) is 15.5 Å². The molecule has 0 aliphatic heterocycles. The van der Waals surface area contributed by atoms with E-state index in [1.807, 2.05) is 0 Å². The largest absolute Gasteiger partial charge is 0.497 e. The maximum atomic E-state index is 12.9. The molecule has 1 amide bonds. The number of methoxy groups -OCH3 is 1. The zero-order valence-corrected chi connectivity index (χ0v) is 16.5. The Morgan fingerprint density at radius 2 is 1.97 bits per heavy atom. The second-order valence-electron chi connectivity index (χ2n) is 5.71. The van der Waals surface area contributed by atoms with Gasteiger partial charge in [0.1, 0.15) is 12.1 Å². The number of rotatable bonds is 6. The van der Waals surface area contributed by atoms with Crippen molar-refractivity contribution in [1.29, 1.82) is 0 Å². The average molecular weight is 443 g/mol. The number of alkyl halides is 3. The molecule has 152 valence electrons. The van der Waals surface area contributed by atoms with Gasteiger partial charge in [-0.2, -0.15) is 13.2 Å². The van der Waals surface area contributed by atoms with Crippen molar-refractivity contribution in [3.8, 4) is 11.4 Å². The number of carbonyl (C=O) groups is 1. The summed E-state index contributed by atoms with van der Waals surface area (Å²) < 4.78 is 45.6. The minimum absolute atomic E-state index is 0.00365. The van der Waals surface area contributed by atoms with Crippen LogP contribution in [0.2, 0.25) is 5.02 Å². The van der Waals surface area contributed by atoms with Gasteiger partial charge in [0.15, 0.2) is 5.16 Å². The van der Waals surface area contributed by atoms with Crippen molar-refractivity contribution in [3.05, 3.63) is 59.4 Å². The molecule has 0 saturated heterocycles. The van der Waals surface area contributed by atoms with Crippen molar-refractivity contribution < 1.29 is 22.7 Å². The van der Waals surface area contributed by atoms with Crippen molar-refractivity contribution in [2.75, 3.05) is 18.2 Å². The summed E-state index contributed by atoms with van der Waals surface area (Å²) in [6.07, 6.45) is -3.11. The predicted octanol–water partition coefficient (Wildman–Crippen LogP) is 4.68. The van der Waals surface area contributed by atoms with E-state index >= 15 is 0 Å². The number of hydrogen-bond acceptors (Lipinski definition) is 5. The molecule has 29 heavy (non-hydrogen) atoms. The first-order chi connectivity index (χ1) is 13.8. The van der Waals surface area contributed by atoms with Crippen LogP contribution < -0.4 is 10.1 Å². The van der Waals surface area contributed by atoms with E-state index in [0.717, 1.165) is 29.6 Å². The molecular formula is C18H14ClF3N4O2S. The van der Waals surface area contributed by atoms with Crippen molar-refractivity contribution in [2.24, 2.45) is 0 Å². The second kappa shape index (κ2) is 8.75. The van der Waals surface area contributed by atoms with Gasteiger partial charge in [0.05, 0.1) is 23.4 Å². The molecule has 0 aliphatic rings. The van der Waals surface area contributed by atoms with E-state index in [1.54, 1.807) is 35.9 Å². The Kier molecular flexibility index (Phi) is 6.33. The highest BCUT2D eigenvalue weighted by Crippen LogP contribution is 2.36. The topological polar surface area (TPSA) is 69.0 Å². The molecule has 0 bridgehead atoms. The number of amides is 1. The van der Waals surface area contributed by atoms with Gasteiger partial charge < -0.3 is 10.1 Å². The zero-order valence-electron chi connectivity index (χ0n) is 14.9. The molecule has 0 spiro atoms. The number of thioether (sulfide) groups is 1. The first-order valence-corrected chi connectivity index (χ1v) is 9.48. The Labute approximate surface area is 173 Å². The SMILES string of the molecule is COc1ccc(-n2cnnc2SCC(=O)Nc2ccc(Cl)c(C(F)(F)F)c2)cc1. The highest BCUT2D eigenvalue weighted by atomic mass is 35.5. The molecule has 1 aromatic heterocycles. The summed E-state index contributed by atoms with van der Waals surface area (Å²) in [5.74, 6) is 0.130. The van der Waals surface area contributed by atoms with Crippen LogP contribution in [-0.2, 0) is 11.0 Å². The standard InChI is InChI=1S/C18H14ClF3N4O2S/c1-28-13-5-3-12(4-6-13)26-10-23-25-17(26)29-9-16(27)24-11-2-7-15(19)14(8-11)18(20,21)22/h2-8,10H,9H2,1H3,(H,24,27). The number of benzene rings is 2. The molecule has 0 aliphatic carbocycles. The molecule has 0 radical (unpaired) electrons. The number of ether oxygens (including phenoxy) is 1. The molecular weight excluding hydrogens is 429 g/mol. The van der Waals surface area contributed by atoms with E-state index < -0.39 is 22.7 Å². The van der Waals surface area contributed by atoms with Crippen LogP contribution in [0, 0.1) is 0 Å². The monoisotopic (exact) mass is 442 g/mol. The fraction of sp³-hybridized carbons (Fsp3) is 0.167. The highest BCUT2D eigenvalue weighted by Gasteiger charge is 2.33. The zero-order chi connectivity index (χ0) is 21.0. The van der Waals surface area contributed by atoms with Gasteiger partial charge in [0.2, 0.25) is 5.91 Å². The lowest BCUT2D eigenvalue weighted by Gasteiger charge is -2.12. The van der Waals surface area contributed by atoms with E-state index in [4.69, 9.17) is 16.3 Å². The van der Waals surface area contributed by atoms with Gasteiger partial charge in [-0.3, -0.25) is 9.36 Å². The minimum atomic E-state index is -4.61. The third kappa shape index (κ3) is 5.21. The van der Waals surface area contributed by atoms with Gasteiger partial charge in [0.25, 0.3) is 0 Å². The Hall–Kier alpha value is -2.72. The molecule has 2 aromatic carbocycles. The van der Waals surface area contributed by atoms with Crippen LogP contribution in [0.3, 0.4) is 0 Å². The van der Waals surface area contributed by atoms with Gasteiger partial charge in [-0.05, 0) is 42.5 Å². The fourth-order valence-electron chi connectivity index (χ4n) is 2.39. The molecule has 0 atom stereocenters. The number of aromatic nitrogens is 3. The van der Waals surface area contributed by atoms with Gasteiger partial charge in [0, 0.05) is 11.4 Å². The number of nitrogens with zero attached hydrogens (tertiary/aromatic N) is 3. The molecule has 6 nitrogen and oxygen atoms in total. The van der Waals surface area contributed by atoms with Gasteiger partial charge in [-0.15, -0.1) is 10.2 Å². The third-order valence-corrected chi connectivity index (χ3v) is 5.03. The molecule has 3 rings (SSSR count). The smallest absolute Gasteiger partial charge is 0.417 e. The quantitative estimate of drug-likeness (QED) is 0.561.